The summed E-state index contributed by atoms with van der Waals surface area (Å²) in [6.45, 7) is 1.83. The summed E-state index contributed by atoms with van der Waals surface area (Å²) in [5, 5.41) is 6.67. The fourth-order valence-corrected chi connectivity index (χ4v) is 2.07. The number of benzene rings is 1. The summed E-state index contributed by atoms with van der Waals surface area (Å²) in [6.07, 6.45) is 0. The summed E-state index contributed by atoms with van der Waals surface area (Å²) < 4.78 is 5.17. The Balaban J connectivity index is 2.35. The second-order valence-corrected chi connectivity index (χ2v) is 4.02. The molecule has 3 rings (SSSR count). The van der Waals surface area contributed by atoms with Crippen LogP contribution in [0.25, 0.3) is 11.1 Å². The number of rotatable bonds is 0. The highest BCUT2D eigenvalue weighted by Gasteiger charge is 2.31. The third-order valence-electron chi connectivity index (χ3n) is 2.91. The van der Waals surface area contributed by atoms with E-state index in [4.69, 9.17) is 10.3 Å². The van der Waals surface area contributed by atoms with Gasteiger partial charge in [0.25, 0.3) is 0 Å². The summed E-state index contributed by atoms with van der Waals surface area (Å²) in [5.74, 6) is 0.136. The fraction of sp³-hybridized carbons (Fsp3) is 0.167. The molecule has 1 amide bonds. The summed E-state index contributed by atoms with van der Waals surface area (Å²) in [7, 11) is 0. The lowest BCUT2D eigenvalue weighted by molar-refractivity contribution is -0.117. The molecule has 0 fully saturated rings. The number of aryl methyl sites for hydroxylation is 1. The third kappa shape index (κ3) is 1.36. The van der Waals surface area contributed by atoms with Gasteiger partial charge in [0.2, 0.25) is 5.91 Å². The first-order chi connectivity index (χ1) is 8.18. The van der Waals surface area contributed by atoms with E-state index in [1.807, 2.05) is 31.2 Å². The van der Waals surface area contributed by atoms with Gasteiger partial charge in [-0.05, 0) is 13.0 Å². The van der Waals surface area contributed by atoms with Crippen molar-refractivity contribution in [2.24, 2.45) is 5.73 Å². The standard InChI is InChI=1S/C12H11N3O2/c1-6-9-7-4-2-3-5-8(7)14-12(16)10(13)11(9)17-15-6/h2-5,10H,13H2,1H3,(H,14,16). The topological polar surface area (TPSA) is 81.2 Å². The van der Waals surface area contributed by atoms with Gasteiger partial charge < -0.3 is 15.6 Å². The van der Waals surface area contributed by atoms with Gasteiger partial charge in [0.05, 0.1) is 11.3 Å². The maximum absolute atomic E-state index is 11.8. The van der Waals surface area contributed by atoms with Crippen molar-refractivity contribution in [1.29, 1.82) is 0 Å². The predicted octanol–water partition coefficient (Wildman–Crippen LogP) is 1.60. The number of nitrogens with two attached hydrogens (primary N) is 1. The van der Waals surface area contributed by atoms with Crippen LogP contribution >= 0.6 is 0 Å². The van der Waals surface area contributed by atoms with Gasteiger partial charge in [0.15, 0.2) is 5.76 Å². The van der Waals surface area contributed by atoms with Gasteiger partial charge in [-0.3, -0.25) is 4.79 Å². The number of nitrogens with one attached hydrogen (secondary N) is 1. The molecular formula is C12H11N3O2. The Kier molecular flexibility index (Phi) is 2.02. The molecule has 2 aromatic rings. The van der Waals surface area contributed by atoms with Gasteiger partial charge >= 0.3 is 0 Å². The van der Waals surface area contributed by atoms with Crippen LogP contribution in [-0.4, -0.2) is 11.1 Å². The molecule has 86 valence electrons. The van der Waals surface area contributed by atoms with E-state index in [-0.39, 0.29) is 5.91 Å². The molecule has 5 heteroatoms. The minimum absolute atomic E-state index is 0.285. The second-order valence-electron chi connectivity index (χ2n) is 4.02. The van der Waals surface area contributed by atoms with E-state index in [1.165, 1.54) is 0 Å². The number of amides is 1. The molecule has 17 heavy (non-hydrogen) atoms. The number of aromatic nitrogens is 1. The highest BCUT2D eigenvalue weighted by Crippen LogP contribution is 2.38. The largest absolute Gasteiger partial charge is 0.358 e. The number of fused-ring (bicyclic) bond motifs is 3. The van der Waals surface area contributed by atoms with Crippen molar-refractivity contribution >= 4 is 11.6 Å². The maximum atomic E-state index is 11.8. The summed E-state index contributed by atoms with van der Waals surface area (Å²) >= 11 is 0. The van der Waals surface area contributed by atoms with Crippen molar-refractivity contribution in [2.45, 2.75) is 13.0 Å². The van der Waals surface area contributed by atoms with Crippen LogP contribution in [0.15, 0.2) is 28.8 Å². The normalized spacial score (nSPS) is 18.0. The molecule has 0 saturated heterocycles. The van der Waals surface area contributed by atoms with Crippen LogP contribution in [0.4, 0.5) is 5.69 Å². The number of anilines is 1. The quantitative estimate of drug-likeness (QED) is 0.719. The van der Waals surface area contributed by atoms with Crippen LogP contribution in [-0.2, 0) is 4.79 Å². The minimum Gasteiger partial charge on any atom is -0.358 e. The van der Waals surface area contributed by atoms with E-state index in [1.54, 1.807) is 0 Å². The van der Waals surface area contributed by atoms with Crippen LogP contribution in [0.5, 0.6) is 0 Å². The lowest BCUT2D eigenvalue weighted by atomic mass is 10.0. The number of nitrogens with zero attached hydrogens (tertiary/aromatic N) is 1. The summed E-state index contributed by atoms with van der Waals surface area (Å²) in [6, 6.07) is 6.69. The zero-order valence-electron chi connectivity index (χ0n) is 9.23. The highest BCUT2D eigenvalue weighted by atomic mass is 16.5. The predicted molar refractivity (Wildman–Crippen MR) is 62.2 cm³/mol. The van der Waals surface area contributed by atoms with Gasteiger partial charge in [-0.25, -0.2) is 0 Å². The van der Waals surface area contributed by atoms with Gasteiger partial charge in [-0.2, -0.15) is 0 Å². The first-order valence-corrected chi connectivity index (χ1v) is 5.30. The third-order valence-corrected chi connectivity index (χ3v) is 2.91. The van der Waals surface area contributed by atoms with Crippen LogP contribution in [0.1, 0.15) is 17.5 Å². The van der Waals surface area contributed by atoms with Crippen LogP contribution < -0.4 is 11.1 Å². The molecule has 1 atom stereocenters. The number of carbonyl (C=O) groups is 1. The zero-order valence-corrected chi connectivity index (χ0v) is 9.23. The van der Waals surface area contributed by atoms with E-state index in [9.17, 15) is 4.79 Å². The Bertz CT molecular complexity index is 604. The molecule has 1 unspecified atom stereocenters. The highest BCUT2D eigenvalue weighted by molar-refractivity contribution is 6.02. The van der Waals surface area contributed by atoms with Gasteiger partial charge in [0, 0.05) is 11.3 Å². The first-order valence-electron chi connectivity index (χ1n) is 5.30. The molecule has 2 heterocycles. The number of hydrogen-bond donors (Lipinski definition) is 2. The smallest absolute Gasteiger partial charge is 0.249 e. The van der Waals surface area contributed by atoms with Crippen molar-refractivity contribution in [3.8, 4) is 11.1 Å². The van der Waals surface area contributed by atoms with Crippen molar-refractivity contribution < 1.29 is 9.32 Å². The fourth-order valence-electron chi connectivity index (χ4n) is 2.07. The van der Waals surface area contributed by atoms with E-state index in [2.05, 4.69) is 10.5 Å². The molecule has 5 nitrogen and oxygen atoms in total. The van der Waals surface area contributed by atoms with Gasteiger partial charge in [-0.1, -0.05) is 23.4 Å². The van der Waals surface area contributed by atoms with Crippen LogP contribution in [0, 0.1) is 6.92 Å². The molecule has 1 aromatic carbocycles. The molecule has 0 saturated carbocycles. The molecule has 0 spiro atoms. The maximum Gasteiger partial charge on any atom is 0.249 e. The zero-order chi connectivity index (χ0) is 12.0. The van der Waals surface area contributed by atoms with Crippen LogP contribution in [0.3, 0.4) is 0 Å². The van der Waals surface area contributed by atoms with Gasteiger partial charge in [-0.15, -0.1) is 0 Å². The molecular weight excluding hydrogens is 218 g/mol. The molecule has 0 aliphatic carbocycles. The molecule has 1 aliphatic heterocycles. The SMILES string of the molecule is Cc1noc2c1-c1ccccc1NC(=O)C2N. The van der Waals surface area contributed by atoms with Crippen molar-refractivity contribution in [3.05, 3.63) is 35.7 Å². The Labute approximate surface area is 97.6 Å². The van der Waals surface area contributed by atoms with Crippen molar-refractivity contribution in [2.75, 3.05) is 5.32 Å². The van der Waals surface area contributed by atoms with E-state index in [0.29, 0.717) is 5.76 Å². The minimum atomic E-state index is -0.821. The lowest BCUT2D eigenvalue weighted by Gasteiger charge is -2.06. The average Bonchev–Trinajstić information content (AvgIpc) is 2.66. The van der Waals surface area contributed by atoms with Crippen molar-refractivity contribution in [1.82, 2.24) is 5.16 Å². The number of hydrogen-bond acceptors (Lipinski definition) is 4. The number of para-hydroxylation sites is 1. The molecule has 0 bridgehead atoms. The molecule has 0 radical (unpaired) electrons. The van der Waals surface area contributed by atoms with Gasteiger partial charge in [0.1, 0.15) is 6.04 Å². The number of carbonyl (C=O) groups excluding carboxylic acids is 1. The molecule has 1 aliphatic rings. The Hall–Kier alpha value is -2.14. The summed E-state index contributed by atoms with van der Waals surface area (Å²) in [5.41, 5.74) is 9.01. The van der Waals surface area contributed by atoms with E-state index < -0.39 is 6.04 Å². The second kappa shape index (κ2) is 3.43. The molecule has 1 aromatic heterocycles. The first kappa shape index (κ1) is 10.0. The van der Waals surface area contributed by atoms with E-state index >= 15 is 0 Å². The van der Waals surface area contributed by atoms with Crippen LogP contribution in [0.2, 0.25) is 0 Å². The monoisotopic (exact) mass is 229 g/mol. The Morgan fingerprint density at radius 2 is 2.18 bits per heavy atom. The Morgan fingerprint density at radius 1 is 1.41 bits per heavy atom. The van der Waals surface area contributed by atoms with Crippen molar-refractivity contribution in [3.63, 3.8) is 0 Å². The summed E-state index contributed by atoms with van der Waals surface area (Å²) in [4.78, 5) is 11.8. The lowest BCUT2D eigenvalue weighted by Crippen LogP contribution is -2.26. The van der Waals surface area contributed by atoms with E-state index in [0.717, 1.165) is 22.5 Å². The Morgan fingerprint density at radius 3 is 3.00 bits per heavy atom. The average molecular weight is 229 g/mol. The molecule has 3 N–H and O–H groups in total.